The van der Waals surface area contributed by atoms with Gasteiger partial charge < -0.3 is 0 Å². The van der Waals surface area contributed by atoms with Crippen LogP contribution in [0.25, 0.3) is 0 Å². The second-order valence-electron chi connectivity index (χ2n) is 4.54. The van der Waals surface area contributed by atoms with Crippen LogP contribution in [0.3, 0.4) is 0 Å². The van der Waals surface area contributed by atoms with Gasteiger partial charge in [0.2, 0.25) is 0 Å². The molecule has 0 aliphatic carbocycles. The van der Waals surface area contributed by atoms with E-state index >= 15 is 0 Å². The van der Waals surface area contributed by atoms with Crippen LogP contribution in [0.1, 0.15) is 21.5 Å². The zero-order chi connectivity index (χ0) is 15.6. The van der Waals surface area contributed by atoms with Crippen molar-refractivity contribution in [3.05, 3.63) is 69.2 Å². The minimum absolute atomic E-state index is 0.1000. The van der Waals surface area contributed by atoms with Crippen molar-refractivity contribution in [3.8, 4) is 0 Å². The van der Waals surface area contributed by atoms with E-state index in [1.165, 1.54) is 12.1 Å². The molecular formula is C15H10BrCl2F3. The molecule has 2 aromatic rings. The standard InChI is InChI=1S/C15H10BrCl2F3/c16-12(7-9-1-6-13(17)14(18)8-9)10-2-4-11(5-3-10)15(19,20)21/h1-6,8,12H,7H2. The fourth-order valence-corrected chi connectivity index (χ4v) is 2.87. The fourth-order valence-electron chi connectivity index (χ4n) is 1.87. The van der Waals surface area contributed by atoms with Crippen LogP contribution in [0.2, 0.25) is 10.0 Å². The van der Waals surface area contributed by atoms with Gasteiger partial charge in [-0.05, 0) is 41.8 Å². The maximum absolute atomic E-state index is 12.5. The van der Waals surface area contributed by atoms with E-state index in [2.05, 4.69) is 15.9 Å². The summed E-state index contributed by atoms with van der Waals surface area (Å²) in [7, 11) is 0. The van der Waals surface area contributed by atoms with E-state index in [0.29, 0.717) is 16.5 Å². The normalized spacial score (nSPS) is 13.2. The van der Waals surface area contributed by atoms with Crippen molar-refractivity contribution in [2.24, 2.45) is 0 Å². The molecule has 0 amide bonds. The second-order valence-corrected chi connectivity index (χ2v) is 6.46. The van der Waals surface area contributed by atoms with Gasteiger partial charge in [-0.3, -0.25) is 0 Å². The maximum atomic E-state index is 12.5. The lowest BCUT2D eigenvalue weighted by Gasteiger charge is -2.13. The molecule has 0 saturated carbocycles. The Morgan fingerprint density at radius 2 is 1.57 bits per heavy atom. The third-order valence-corrected chi connectivity index (χ3v) is 4.59. The van der Waals surface area contributed by atoms with Gasteiger partial charge in [-0.15, -0.1) is 0 Å². The average Bonchev–Trinajstić information content (AvgIpc) is 2.42. The monoisotopic (exact) mass is 396 g/mol. The summed E-state index contributed by atoms with van der Waals surface area (Å²) in [5, 5.41) is 0.933. The van der Waals surface area contributed by atoms with E-state index in [-0.39, 0.29) is 4.83 Å². The molecule has 0 spiro atoms. The summed E-state index contributed by atoms with van der Waals surface area (Å²) in [4.78, 5) is -0.1000. The van der Waals surface area contributed by atoms with E-state index in [1.807, 2.05) is 6.07 Å². The molecular weight excluding hydrogens is 388 g/mol. The van der Waals surface area contributed by atoms with Gasteiger partial charge in [0.1, 0.15) is 0 Å². The summed E-state index contributed by atoms with van der Waals surface area (Å²) in [5.41, 5.74) is 1.07. The number of hydrogen-bond acceptors (Lipinski definition) is 0. The zero-order valence-electron chi connectivity index (χ0n) is 10.6. The Bertz CT molecular complexity index is 624. The molecule has 0 saturated heterocycles. The van der Waals surface area contributed by atoms with Gasteiger partial charge in [0, 0.05) is 4.83 Å². The van der Waals surface area contributed by atoms with Gasteiger partial charge in [-0.2, -0.15) is 13.2 Å². The summed E-state index contributed by atoms with van der Waals surface area (Å²) in [6.45, 7) is 0. The molecule has 0 heterocycles. The van der Waals surface area contributed by atoms with Crippen molar-refractivity contribution in [3.63, 3.8) is 0 Å². The number of rotatable bonds is 3. The van der Waals surface area contributed by atoms with Crippen molar-refractivity contribution in [2.45, 2.75) is 17.4 Å². The van der Waals surface area contributed by atoms with Crippen molar-refractivity contribution in [1.82, 2.24) is 0 Å². The highest BCUT2D eigenvalue weighted by atomic mass is 79.9. The van der Waals surface area contributed by atoms with Crippen LogP contribution in [-0.4, -0.2) is 0 Å². The van der Waals surface area contributed by atoms with Crippen LogP contribution >= 0.6 is 39.1 Å². The first kappa shape index (κ1) is 16.7. The Kier molecular flexibility index (Phi) is 5.23. The third-order valence-electron chi connectivity index (χ3n) is 3.00. The second kappa shape index (κ2) is 6.59. The minimum atomic E-state index is -4.32. The molecule has 0 N–H and O–H groups in total. The van der Waals surface area contributed by atoms with Gasteiger partial charge >= 0.3 is 6.18 Å². The quantitative estimate of drug-likeness (QED) is 0.506. The molecule has 1 atom stereocenters. The molecule has 112 valence electrons. The molecule has 0 radical (unpaired) electrons. The lowest BCUT2D eigenvalue weighted by Crippen LogP contribution is -2.05. The Morgan fingerprint density at radius 3 is 2.10 bits per heavy atom. The summed E-state index contributed by atoms with van der Waals surface area (Å²) in [6.07, 6.45) is -3.72. The maximum Gasteiger partial charge on any atom is 0.416 e. The van der Waals surface area contributed by atoms with Crippen LogP contribution in [-0.2, 0) is 12.6 Å². The number of alkyl halides is 4. The minimum Gasteiger partial charge on any atom is -0.166 e. The highest BCUT2D eigenvalue weighted by Gasteiger charge is 2.30. The first-order valence-electron chi connectivity index (χ1n) is 6.02. The SMILES string of the molecule is FC(F)(F)c1ccc(C(Br)Cc2ccc(Cl)c(Cl)c2)cc1. The summed E-state index contributed by atoms with van der Waals surface area (Å²) < 4.78 is 37.5. The van der Waals surface area contributed by atoms with E-state index in [4.69, 9.17) is 23.2 Å². The van der Waals surface area contributed by atoms with E-state index in [0.717, 1.165) is 23.3 Å². The average molecular weight is 398 g/mol. The Labute approximate surface area is 139 Å². The van der Waals surface area contributed by atoms with E-state index in [1.54, 1.807) is 12.1 Å². The molecule has 0 fully saturated rings. The molecule has 1 unspecified atom stereocenters. The molecule has 21 heavy (non-hydrogen) atoms. The number of benzene rings is 2. The third kappa shape index (κ3) is 4.38. The van der Waals surface area contributed by atoms with Gasteiger partial charge in [0.25, 0.3) is 0 Å². The Hall–Kier alpha value is -0.710. The van der Waals surface area contributed by atoms with Crippen LogP contribution in [0, 0.1) is 0 Å². The smallest absolute Gasteiger partial charge is 0.166 e. The van der Waals surface area contributed by atoms with Gasteiger partial charge in [0.05, 0.1) is 15.6 Å². The summed E-state index contributed by atoms with van der Waals surface area (Å²) in [6, 6.07) is 10.4. The van der Waals surface area contributed by atoms with E-state index in [9.17, 15) is 13.2 Å². The van der Waals surface area contributed by atoms with Gasteiger partial charge in [-0.25, -0.2) is 0 Å². The summed E-state index contributed by atoms with van der Waals surface area (Å²) >= 11 is 15.3. The number of halogens is 6. The van der Waals surface area contributed by atoms with Gasteiger partial charge in [0.15, 0.2) is 0 Å². The Morgan fingerprint density at radius 1 is 0.952 bits per heavy atom. The molecule has 0 aromatic heterocycles. The predicted octanol–water partition coefficient (Wildman–Crippen LogP) is 6.69. The zero-order valence-corrected chi connectivity index (χ0v) is 13.7. The summed E-state index contributed by atoms with van der Waals surface area (Å²) in [5.74, 6) is 0. The molecule has 0 bridgehead atoms. The molecule has 0 nitrogen and oxygen atoms in total. The van der Waals surface area contributed by atoms with Crippen molar-refractivity contribution < 1.29 is 13.2 Å². The fraction of sp³-hybridized carbons (Fsp3) is 0.200. The lowest BCUT2D eigenvalue weighted by atomic mass is 10.0. The first-order valence-corrected chi connectivity index (χ1v) is 7.69. The largest absolute Gasteiger partial charge is 0.416 e. The molecule has 0 aliphatic heterocycles. The van der Waals surface area contributed by atoms with Crippen LogP contribution in [0.15, 0.2) is 42.5 Å². The molecule has 2 aromatic carbocycles. The first-order chi connectivity index (χ1) is 9.77. The predicted molar refractivity (Wildman–Crippen MR) is 83.3 cm³/mol. The lowest BCUT2D eigenvalue weighted by molar-refractivity contribution is -0.137. The topological polar surface area (TPSA) is 0 Å². The van der Waals surface area contributed by atoms with Crippen LogP contribution in [0.4, 0.5) is 13.2 Å². The van der Waals surface area contributed by atoms with Crippen molar-refractivity contribution >= 4 is 39.1 Å². The molecule has 0 aliphatic rings. The van der Waals surface area contributed by atoms with Crippen LogP contribution < -0.4 is 0 Å². The van der Waals surface area contributed by atoms with Crippen LogP contribution in [0.5, 0.6) is 0 Å². The Balaban J connectivity index is 2.13. The van der Waals surface area contributed by atoms with E-state index < -0.39 is 11.7 Å². The molecule has 2 rings (SSSR count). The highest BCUT2D eigenvalue weighted by Crippen LogP contribution is 2.33. The van der Waals surface area contributed by atoms with Gasteiger partial charge in [-0.1, -0.05) is 57.3 Å². The van der Waals surface area contributed by atoms with Crippen molar-refractivity contribution in [2.75, 3.05) is 0 Å². The highest BCUT2D eigenvalue weighted by molar-refractivity contribution is 9.09. The number of hydrogen-bond donors (Lipinski definition) is 0. The molecule has 6 heteroatoms. The van der Waals surface area contributed by atoms with Crippen molar-refractivity contribution in [1.29, 1.82) is 0 Å².